The van der Waals surface area contributed by atoms with Crippen molar-refractivity contribution in [3.63, 3.8) is 0 Å². The van der Waals surface area contributed by atoms with Crippen LogP contribution in [0.4, 0.5) is 0 Å². The summed E-state index contributed by atoms with van der Waals surface area (Å²) >= 11 is 0. The highest BCUT2D eigenvalue weighted by Gasteiger charge is 2.20. The van der Waals surface area contributed by atoms with E-state index in [9.17, 15) is 8.42 Å². The van der Waals surface area contributed by atoms with Crippen molar-refractivity contribution < 1.29 is 17.9 Å². The Morgan fingerprint density at radius 2 is 2.00 bits per heavy atom. The van der Waals surface area contributed by atoms with Gasteiger partial charge in [-0.2, -0.15) is 0 Å². The van der Waals surface area contributed by atoms with Crippen molar-refractivity contribution in [1.29, 1.82) is 0 Å². The van der Waals surface area contributed by atoms with Crippen LogP contribution in [0.15, 0.2) is 23.2 Å². The third-order valence-corrected chi connectivity index (χ3v) is 5.25. The number of sulfone groups is 1. The van der Waals surface area contributed by atoms with Crippen LogP contribution in [0.5, 0.6) is 11.5 Å². The maximum atomic E-state index is 11.2. The Morgan fingerprint density at radius 1 is 1.27 bits per heavy atom. The van der Waals surface area contributed by atoms with E-state index in [2.05, 4.69) is 15.6 Å². The molecular formula is C18H29N3O4S. The Kier molecular flexibility index (Phi) is 7.56. The van der Waals surface area contributed by atoms with E-state index in [0.717, 1.165) is 29.9 Å². The molecule has 1 aromatic rings. The van der Waals surface area contributed by atoms with E-state index in [1.165, 1.54) is 19.1 Å². The minimum atomic E-state index is -3.01. The molecule has 2 rings (SSSR count). The van der Waals surface area contributed by atoms with Crippen LogP contribution in [-0.2, 0) is 16.4 Å². The molecule has 1 aromatic carbocycles. The van der Waals surface area contributed by atoms with Crippen LogP contribution < -0.4 is 20.1 Å². The van der Waals surface area contributed by atoms with Crippen LogP contribution >= 0.6 is 0 Å². The number of aliphatic imine (C=N–C) groups is 1. The zero-order chi connectivity index (χ0) is 19.0. The van der Waals surface area contributed by atoms with Gasteiger partial charge in [0.25, 0.3) is 0 Å². The van der Waals surface area contributed by atoms with E-state index in [-0.39, 0.29) is 11.9 Å². The van der Waals surface area contributed by atoms with Gasteiger partial charge >= 0.3 is 0 Å². The number of nitrogens with one attached hydrogen (secondary N) is 2. The molecule has 0 radical (unpaired) electrons. The van der Waals surface area contributed by atoms with Gasteiger partial charge in [-0.15, -0.1) is 0 Å². The summed E-state index contributed by atoms with van der Waals surface area (Å²) in [5, 5.41) is 6.20. The topological polar surface area (TPSA) is 89.0 Å². The molecule has 8 heteroatoms. The Balaban J connectivity index is 2.00. The molecule has 0 saturated heterocycles. The first kappa shape index (κ1) is 20.4. The summed E-state index contributed by atoms with van der Waals surface area (Å²) in [6.07, 6.45) is 5.99. The molecule has 0 spiro atoms. The van der Waals surface area contributed by atoms with Crippen LogP contribution in [0.25, 0.3) is 0 Å². The fraction of sp³-hybridized carbons (Fsp3) is 0.611. The first-order valence-electron chi connectivity index (χ1n) is 8.87. The van der Waals surface area contributed by atoms with Crippen LogP contribution in [0.2, 0.25) is 0 Å². The average molecular weight is 384 g/mol. The summed E-state index contributed by atoms with van der Waals surface area (Å²) in [6.45, 7) is 0.805. The van der Waals surface area contributed by atoms with Crippen molar-refractivity contribution in [3.05, 3.63) is 23.8 Å². The molecule has 146 valence electrons. The highest BCUT2D eigenvalue weighted by Crippen LogP contribution is 2.34. The van der Waals surface area contributed by atoms with E-state index in [4.69, 9.17) is 9.47 Å². The lowest BCUT2D eigenvalue weighted by Crippen LogP contribution is -2.39. The molecule has 0 atom stereocenters. The molecule has 0 heterocycles. The molecule has 2 N–H and O–H groups in total. The lowest BCUT2D eigenvalue weighted by molar-refractivity contribution is 0.198. The van der Waals surface area contributed by atoms with Gasteiger partial charge in [-0.25, -0.2) is 8.42 Å². The minimum Gasteiger partial charge on any atom is -0.493 e. The number of para-hydroxylation sites is 1. The molecule has 1 aliphatic rings. The highest BCUT2D eigenvalue weighted by atomic mass is 32.2. The predicted molar refractivity (Wildman–Crippen MR) is 104 cm³/mol. The fourth-order valence-corrected chi connectivity index (χ4v) is 3.40. The average Bonchev–Trinajstić information content (AvgIpc) is 3.11. The number of rotatable bonds is 8. The van der Waals surface area contributed by atoms with E-state index in [1.807, 2.05) is 18.2 Å². The van der Waals surface area contributed by atoms with Crippen LogP contribution in [0, 0.1) is 0 Å². The monoisotopic (exact) mass is 383 g/mol. The number of guanidine groups is 1. The summed E-state index contributed by atoms with van der Waals surface area (Å²) in [7, 11) is 0.283. The first-order chi connectivity index (χ1) is 12.4. The molecule has 7 nitrogen and oxygen atoms in total. The van der Waals surface area contributed by atoms with Gasteiger partial charge in [-0.3, -0.25) is 4.99 Å². The Morgan fingerprint density at radius 3 is 2.62 bits per heavy atom. The van der Waals surface area contributed by atoms with Gasteiger partial charge < -0.3 is 20.1 Å². The molecule has 1 aliphatic carbocycles. The smallest absolute Gasteiger partial charge is 0.191 e. The number of methoxy groups -OCH3 is 1. The van der Waals surface area contributed by atoms with Crippen molar-refractivity contribution in [1.82, 2.24) is 10.6 Å². The van der Waals surface area contributed by atoms with E-state index < -0.39 is 9.84 Å². The molecule has 0 unspecified atom stereocenters. The van der Waals surface area contributed by atoms with Gasteiger partial charge in [0, 0.05) is 32.0 Å². The third kappa shape index (κ3) is 6.40. The third-order valence-electron chi connectivity index (χ3n) is 4.30. The van der Waals surface area contributed by atoms with E-state index in [0.29, 0.717) is 19.0 Å². The molecular weight excluding hydrogens is 354 g/mol. The van der Waals surface area contributed by atoms with Gasteiger partial charge in [0.2, 0.25) is 0 Å². The van der Waals surface area contributed by atoms with Crippen molar-refractivity contribution in [2.24, 2.45) is 4.99 Å². The molecule has 0 aromatic heterocycles. The first-order valence-corrected chi connectivity index (χ1v) is 10.9. The molecule has 1 saturated carbocycles. The second kappa shape index (κ2) is 9.66. The molecule has 1 fully saturated rings. The second-order valence-corrected chi connectivity index (χ2v) is 8.72. The Hall–Kier alpha value is -1.96. The van der Waals surface area contributed by atoms with Crippen molar-refractivity contribution >= 4 is 15.8 Å². The summed E-state index contributed by atoms with van der Waals surface area (Å²) < 4.78 is 34.1. The predicted octanol–water partition coefficient (Wildman–Crippen LogP) is 1.73. The van der Waals surface area contributed by atoms with Crippen molar-refractivity contribution in [2.45, 2.75) is 38.3 Å². The summed E-state index contributed by atoms with van der Waals surface area (Å²) in [5.74, 6) is 2.09. The van der Waals surface area contributed by atoms with Gasteiger partial charge in [0.1, 0.15) is 9.84 Å². The fourth-order valence-electron chi connectivity index (χ4n) is 2.92. The largest absolute Gasteiger partial charge is 0.493 e. The molecule has 0 aliphatic heterocycles. The van der Waals surface area contributed by atoms with E-state index >= 15 is 0 Å². The van der Waals surface area contributed by atoms with Crippen molar-refractivity contribution in [3.8, 4) is 11.5 Å². The summed E-state index contributed by atoms with van der Waals surface area (Å²) in [5.41, 5.74) is 0.974. The number of benzene rings is 1. The van der Waals surface area contributed by atoms with Crippen LogP contribution in [-0.4, -0.2) is 53.2 Å². The lowest BCUT2D eigenvalue weighted by atomic mass is 10.1. The minimum absolute atomic E-state index is 0.0584. The number of ether oxygens (including phenoxy) is 2. The maximum Gasteiger partial charge on any atom is 0.191 e. The summed E-state index contributed by atoms with van der Waals surface area (Å²) in [4.78, 5) is 4.13. The highest BCUT2D eigenvalue weighted by molar-refractivity contribution is 7.90. The zero-order valence-electron chi connectivity index (χ0n) is 15.7. The van der Waals surface area contributed by atoms with Gasteiger partial charge in [-0.05, 0) is 31.7 Å². The maximum absolute atomic E-state index is 11.2. The Labute approximate surface area is 156 Å². The normalized spacial score (nSPS) is 15.7. The number of hydrogen-bond acceptors (Lipinski definition) is 5. The molecule has 0 bridgehead atoms. The summed E-state index contributed by atoms with van der Waals surface area (Å²) in [6, 6.07) is 5.81. The molecule has 26 heavy (non-hydrogen) atoms. The Bertz CT molecular complexity index is 713. The number of nitrogens with zero attached hydrogens (tertiary/aromatic N) is 1. The van der Waals surface area contributed by atoms with Gasteiger partial charge in [0.15, 0.2) is 17.5 Å². The SMILES string of the molecule is CN=C(NCCS(C)(=O)=O)NCc1cccc(OC)c1OC1CCCC1. The zero-order valence-corrected chi connectivity index (χ0v) is 16.6. The van der Waals surface area contributed by atoms with E-state index in [1.54, 1.807) is 14.2 Å². The molecule has 0 amide bonds. The number of hydrogen-bond donors (Lipinski definition) is 2. The van der Waals surface area contributed by atoms with Crippen LogP contribution in [0.1, 0.15) is 31.2 Å². The second-order valence-electron chi connectivity index (χ2n) is 6.46. The van der Waals surface area contributed by atoms with Gasteiger partial charge in [0.05, 0.1) is 19.0 Å². The van der Waals surface area contributed by atoms with Gasteiger partial charge in [-0.1, -0.05) is 12.1 Å². The lowest BCUT2D eigenvalue weighted by Gasteiger charge is -2.20. The van der Waals surface area contributed by atoms with Crippen molar-refractivity contribution in [2.75, 3.05) is 32.7 Å². The quantitative estimate of drug-likeness (QED) is 0.525. The van der Waals surface area contributed by atoms with Crippen LogP contribution in [0.3, 0.4) is 0 Å². The standard InChI is InChI=1S/C18H29N3O4S/c1-19-18(20-11-12-26(3,22)23)21-13-14-7-6-10-16(24-2)17(14)25-15-8-4-5-9-15/h6-7,10,15H,4-5,8-9,11-13H2,1-3H3,(H2,19,20,21).